The molecule has 0 spiro atoms. The van der Waals surface area contributed by atoms with Crippen LogP contribution in [-0.4, -0.2) is 99.6 Å². The number of imide groups is 2. The Bertz CT molecular complexity index is 1460. The predicted molar refractivity (Wildman–Crippen MR) is 261 cm³/mol. The summed E-state index contributed by atoms with van der Waals surface area (Å²) in [6, 6.07) is 13.5. The zero-order valence-electron chi connectivity index (χ0n) is 41.3. The monoisotopic (exact) mass is 941 g/mol. The number of alkyl halides is 1. The number of hydrogen-bond donors (Lipinski definition) is 1. The van der Waals surface area contributed by atoms with E-state index in [1.807, 2.05) is 83.1 Å². The first-order valence-electron chi connectivity index (χ1n) is 20.8. The average Bonchev–Trinajstić information content (AvgIpc) is 3.69. The highest BCUT2D eigenvalue weighted by Gasteiger charge is 2.41. The molecule has 2 aliphatic rings. The van der Waals surface area contributed by atoms with Crippen LogP contribution in [0.4, 0.5) is 0 Å². The van der Waals surface area contributed by atoms with Crippen LogP contribution in [0, 0.1) is 16.7 Å². The molecule has 0 saturated carbocycles. The molecule has 13 nitrogen and oxygen atoms in total. The molecule has 357 valence electrons. The first-order chi connectivity index (χ1) is 28.4. The molecule has 0 aromatic heterocycles. The van der Waals surface area contributed by atoms with Gasteiger partial charge in [-0.3, -0.25) is 43.4 Å². The Hall–Kier alpha value is -4.37. The zero-order chi connectivity index (χ0) is 49.0. The van der Waals surface area contributed by atoms with E-state index >= 15 is 0 Å². The van der Waals surface area contributed by atoms with Crippen LogP contribution in [0.5, 0.6) is 0 Å². The molecule has 4 rings (SSSR count). The van der Waals surface area contributed by atoms with Crippen LogP contribution in [0.1, 0.15) is 173 Å². The molecule has 2 aromatic rings. The molecule has 0 fully saturated rings. The van der Waals surface area contributed by atoms with E-state index in [4.69, 9.17) is 5.73 Å². The molecule has 15 heteroatoms. The molecule has 2 aromatic carbocycles. The van der Waals surface area contributed by atoms with E-state index in [0.717, 1.165) is 4.90 Å². The molecular weight excluding hydrogens is 857 g/mol. The number of methoxy groups -OCH3 is 3. The average molecular weight is 942 g/mol. The normalized spacial score (nSPS) is 10.8. The van der Waals surface area contributed by atoms with Crippen molar-refractivity contribution in [2.75, 3.05) is 39.9 Å². The summed E-state index contributed by atoms with van der Waals surface area (Å²) in [5.74, 6) is -2.04. The summed E-state index contributed by atoms with van der Waals surface area (Å²) in [5, 5.41) is 0. The lowest BCUT2D eigenvalue weighted by atomic mass is 9.93. The Morgan fingerprint density at radius 1 is 0.565 bits per heavy atom. The predicted octanol–water partition coefficient (Wildman–Crippen LogP) is 10.5. The van der Waals surface area contributed by atoms with Crippen LogP contribution < -0.4 is 5.73 Å². The SMILES string of the molecule is C.CC.CC.CC.CC.CC.CC.COC(=O)C(C)(C)CN.COC(=O)C(C)(C)CN1C(=O)c2ccccc2C1=O.COC(=O)C(C)C.O=C1c2ccccc2C(=O)N1CBr.[B]. The van der Waals surface area contributed by atoms with E-state index in [-0.39, 0.29) is 69.3 Å². The minimum absolute atomic E-state index is 0. The Morgan fingerprint density at radius 3 is 1.00 bits per heavy atom. The molecule has 0 atom stereocenters. The van der Waals surface area contributed by atoms with Gasteiger partial charge < -0.3 is 19.9 Å². The highest BCUT2D eigenvalue weighted by molar-refractivity contribution is 9.09. The summed E-state index contributed by atoms with van der Waals surface area (Å²) in [6.45, 7) is 34.7. The van der Waals surface area contributed by atoms with Crippen molar-refractivity contribution in [3.63, 3.8) is 0 Å². The highest BCUT2D eigenvalue weighted by Crippen LogP contribution is 2.27. The van der Waals surface area contributed by atoms with Crippen LogP contribution in [0.15, 0.2) is 48.5 Å². The van der Waals surface area contributed by atoms with Crippen LogP contribution in [-0.2, 0) is 28.6 Å². The fraction of sp³-hybridized carbons (Fsp3) is 0.596. The topological polar surface area (TPSA) is 180 Å². The number of nitrogens with zero attached hydrogens (tertiary/aromatic N) is 2. The fourth-order valence-corrected chi connectivity index (χ4v) is 4.52. The van der Waals surface area contributed by atoms with Crippen LogP contribution in [0.2, 0.25) is 0 Å². The number of esters is 3. The van der Waals surface area contributed by atoms with Gasteiger partial charge >= 0.3 is 17.9 Å². The molecule has 0 aliphatic carbocycles. The van der Waals surface area contributed by atoms with Gasteiger partial charge in [0.25, 0.3) is 23.6 Å². The number of amides is 4. The maximum absolute atomic E-state index is 12.1. The van der Waals surface area contributed by atoms with Gasteiger partial charge in [-0.2, -0.15) is 0 Å². The Labute approximate surface area is 387 Å². The molecule has 2 heterocycles. The summed E-state index contributed by atoms with van der Waals surface area (Å²) in [7, 11) is 4.04. The summed E-state index contributed by atoms with van der Waals surface area (Å²) in [5.41, 5.74) is 5.82. The van der Waals surface area contributed by atoms with Gasteiger partial charge in [0.2, 0.25) is 0 Å². The van der Waals surface area contributed by atoms with Crippen molar-refractivity contribution in [1.29, 1.82) is 0 Å². The number of hydrogen-bond acceptors (Lipinski definition) is 11. The molecule has 0 saturated heterocycles. The number of benzene rings is 2. The molecule has 2 N–H and O–H groups in total. The van der Waals surface area contributed by atoms with Crippen molar-refractivity contribution in [2.24, 2.45) is 22.5 Å². The third-order valence-electron chi connectivity index (χ3n) is 7.09. The van der Waals surface area contributed by atoms with Crippen molar-refractivity contribution in [3.05, 3.63) is 70.8 Å². The van der Waals surface area contributed by atoms with Crippen LogP contribution in [0.3, 0.4) is 0 Å². The third kappa shape index (κ3) is 24.9. The number of rotatable bonds is 7. The zero-order valence-corrected chi connectivity index (χ0v) is 42.9. The smallest absolute Gasteiger partial charge is 0.313 e. The highest BCUT2D eigenvalue weighted by atomic mass is 79.9. The Morgan fingerprint density at radius 2 is 0.823 bits per heavy atom. The van der Waals surface area contributed by atoms with E-state index < -0.39 is 16.8 Å². The van der Waals surface area contributed by atoms with E-state index in [0.29, 0.717) is 28.8 Å². The van der Waals surface area contributed by atoms with Gasteiger partial charge in [-0.25, -0.2) is 0 Å². The van der Waals surface area contributed by atoms with Gasteiger partial charge in [-0.15, -0.1) is 0 Å². The van der Waals surface area contributed by atoms with Crippen molar-refractivity contribution >= 4 is 65.9 Å². The summed E-state index contributed by atoms with van der Waals surface area (Å²) in [4.78, 5) is 82.3. The van der Waals surface area contributed by atoms with Gasteiger partial charge in [0.1, 0.15) is 0 Å². The number of carbonyl (C=O) groups is 7. The van der Waals surface area contributed by atoms with Crippen molar-refractivity contribution in [3.8, 4) is 0 Å². The first kappa shape index (κ1) is 75.0. The number of ether oxygens (including phenoxy) is 3. The summed E-state index contributed by atoms with van der Waals surface area (Å²) < 4.78 is 13.5. The summed E-state index contributed by atoms with van der Waals surface area (Å²) >= 11 is 3.10. The molecule has 4 amide bonds. The standard InChI is InChI=1S/C14H15NO4.C9H6BrNO2.C6H13NO2.C5H10O2.6C2H6.CH4.B/c1-14(2,13(18)19-3)8-15-11(16)9-6-4-5-7-10(9)12(15)17;10-5-11-8(12)6-3-1-2-4-7(6)9(11)13;1-6(2,4-7)5(8)9-3;1-4(2)5(6)7-3;6*1-2;;/h4-7H,8H2,1-3H3;1-4H,5H2;4,7H2,1-3H3;4H,1-3H3;6*1-2H3;1H4;. The molecule has 0 unspecified atom stereocenters. The second kappa shape index (κ2) is 43.3. The van der Waals surface area contributed by atoms with Crippen molar-refractivity contribution in [2.45, 2.75) is 132 Å². The van der Waals surface area contributed by atoms with E-state index in [1.165, 1.54) is 26.2 Å². The third-order valence-corrected chi connectivity index (χ3v) is 7.59. The molecule has 3 radical (unpaired) electrons. The number of nitrogens with two attached hydrogens (primary N) is 1. The van der Waals surface area contributed by atoms with E-state index in [1.54, 1.807) is 90.1 Å². The molecular formula is C47H84BBrN3O10. The van der Waals surface area contributed by atoms with Crippen LogP contribution >= 0.6 is 15.9 Å². The second-order valence-electron chi connectivity index (χ2n) is 12.1. The quantitative estimate of drug-likeness (QED) is 0.0697. The number of halogens is 1. The minimum atomic E-state index is -0.928. The van der Waals surface area contributed by atoms with Crippen molar-refractivity contribution < 1.29 is 47.8 Å². The Balaban J connectivity index is -0.0000001000. The van der Waals surface area contributed by atoms with Gasteiger partial charge in [0.15, 0.2) is 0 Å². The molecule has 2 aliphatic heterocycles. The lowest BCUT2D eigenvalue weighted by Gasteiger charge is -2.26. The van der Waals surface area contributed by atoms with Gasteiger partial charge in [0, 0.05) is 21.5 Å². The van der Waals surface area contributed by atoms with E-state index in [9.17, 15) is 33.6 Å². The maximum Gasteiger partial charge on any atom is 0.313 e. The van der Waals surface area contributed by atoms with Gasteiger partial charge in [-0.1, -0.05) is 145 Å². The number of carbonyl (C=O) groups excluding carboxylic acids is 7. The second-order valence-corrected chi connectivity index (χ2v) is 12.6. The number of fused-ring (bicyclic) bond motifs is 2. The Kier molecular flexibility index (Phi) is 52.4. The lowest BCUT2D eigenvalue weighted by Crippen LogP contribution is -2.42. The first-order valence-corrected chi connectivity index (χ1v) is 21.9. The maximum atomic E-state index is 12.1. The fourth-order valence-electron chi connectivity index (χ4n) is 4.06. The molecule has 0 bridgehead atoms. The minimum Gasteiger partial charge on any atom is -0.469 e. The lowest BCUT2D eigenvalue weighted by molar-refractivity contribution is -0.151. The van der Waals surface area contributed by atoms with Gasteiger partial charge in [-0.05, 0) is 52.0 Å². The van der Waals surface area contributed by atoms with Gasteiger partial charge in [0.05, 0.1) is 65.8 Å². The molecule has 62 heavy (non-hydrogen) atoms. The van der Waals surface area contributed by atoms with Crippen molar-refractivity contribution in [1.82, 2.24) is 9.80 Å². The summed E-state index contributed by atoms with van der Waals surface area (Å²) in [6.07, 6.45) is 0. The largest absolute Gasteiger partial charge is 0.469 e. The van der Waals surface area contributed by atoms with E-state index in [2.05, 4.69) is 30.1 Å². The van der Waals surface area contributed by atoms with Crippen LogP contribution in [0.25, 0.3) is 0 Å².